The van der Waals surface area contributed by atoms with E-state index < -0.39 is 0 Å². The number of hydrogen-bond acceptors (Lipinski definition) is 3. The van der Waals surface area contributed by atoms with Gasteiger partial charge >= 0.3 is 0 Å². The number of piperidine rings is 1. The maximum atomic E-state index is 5.42. The highest BCUT2D eigenvalue weighted by Gasteiger charge is 2.09. The van der Waals surface area contributed by atoms with Gasteiger partial charge in [-0.15, -0.1) is 0 Å². The Kier molecular flexibility index (Phi) is 3.38. The first kappa shape index (κ1) is 9.49. The second-order valence-electron chi connectivity index (χ2n) is 3.55. The molecule has 3 heteroatoms. The van der Waals surface area contributed by atoms with Gasteiger partial charge in [0.15, 0.2) is 0 Å². The van der Waals surface area contributed by atoms with Crippen LogP contribution in [-0.2, 0) is 0 Å². The molecule has 0 aromatic heterocycles. The molecule has 0 amide bonds. The summed E-state index contributed by atoms with van der Waals surface area (Å²) in [5.74, 6) is 0.859. The van der Waals surface area contributed by atoms with Crippen LogP contribution < -0.4 is 10.4 Å². The van der Waals surface area contributed by atoms with Crippen LogP contribution in [0.25, 0.3) is 0 Å². The second-order valence-corrected chi connectivity index (χ2v) is 3.55. The molecular formula is C11H16N2O. The Balaban J connectivity index is 1.76. The number of hydrazine groups is 1. The number of para-hydroxylation sites is 1. The smallest absolute Gasteiger partial charge is 0.149 e. The molecule has 1 aliphatic rings. The number of benzene rings is 1. The average molecular weight is 192 g/mol. The van der Waals surface area contributed by atoms with Gasteiger partial charge in [0.25, 0.3) is 0 Å². The molecule has 2 rings (SSSR count). The minimum Gasteiger partial charge on any atom is -0.394 e. The van der Waals surface area contributed by atoms with E-state index in [1.54, 1.807) is 0 Å². The Morgan fingerprint density at radius 3 is 2.43 bits per heavy atom. The van der Waals surface area contributed by atoms with Crippen molar-refractivity contribution in [2.45, 2.75) is 19.3 Å². The lowest BCUT2D eigenvalue weighted by molar-refractivity contribution is -0.00901. The van der Waals surface area contributed by atoms with Gasteiger partial charge in [-0.05, 0) is 25.0 Å². The van der Waals surface area contributed by atoms with Gasteiger partial charge < -0.3 is 4.84 Å². The third-order valence-electron chi connectivity index (χ3n) is 2.39. The van der Waals surface area contributed by atoms with Crippen LogP contribution in [0.5, 0.6) is 5.75 Å². The summed E-state index contributed by atoms with van der Waals surface area (Å²) in [5, 5.41) is 2.12. The van der Waals surface area contributed by atoms with Crippen LogP contribution in [-0.4, -0.2) is 18.1 Å². The highest BCUT2D eigenvalue weighted by atomic mass is 16.7. The van der Waals surface area contributed by atoms with Crippen LogP contribution in [0.4, 0.5) is 0 Å². The Morgan fingerprint density at radius 2 is 1.71 bits per heavy atom. The van der Waals surface area contributed by atoms with E-state index in [1.807, 2.05) is 30.3 Å². The van der Waals surface area contributed by atoms with E-state index in [2.05, 4.69) is 10.6 Å². The normalized spacial score (nSPS) is 18.0. The maximum Gasteiger partial charge on any atom is 0.149 e. The summed E-state index contributed by atoms with van der Waals surface area (Å²) in [5.41, 5.74) is 2.97. The zero-order valence-electron chi connectivity index (χ0n) is 8.28. The molecule has 0 atom stereocenters. The van der Waals surface area contributed by atoms with Crippen LogP contribution in [0.3, 0.4) is 0 Å². The summed E-state index contributed by atoms with van der Waals surface area (Å²) in [6.07, 6.45) is 3.85. The number of rotatable bonds is 3. The van der Waals surface area contributed by atoms with E-state index in [0.29, 0.717) is 0 Å². The number of nitrogens with one attached hydrogen (secondary N) is 1. The molecule has 76 valence electrons. The van der Waals surface area contributed by atoms with Gasteiger partial charge in [0.05, 0.1) is 0 Å². The molecule has 0 spiro atoms. The van der Waals surface area contributed by atoms with E-state index in [-0.39, 0.29) is 0 Å². The summed E-state index contributed by atoms with van der Waals surface area (Å²) in [4.78, 5) is 5.42. The maximum absolute atomic E-state index is 5.42. The quantitative estimate of drug-likeness (QED) is 0.741. The first-order chi connectivity index (χ1) is 6.95. The summed E-state index contributed by atoms with van der Waals surface area (Å²) in [6, 6.07) is 9.79. The zero-order chi connectivity index (χ0) is 9.64. The lowest BCUT2D eigenvalue weighted by atomic mass is 10.2. The average Bonchev–Trinajstić information content (AvgIpc) is 2.29. The van der Waals surface area contributed by atoms with Crippen molar-refractivity contribution in [1.82, 2.24) is 10.6 Å². The fraction of sp³-hybridized carbons (Fsp3) is 0.455. The van der Waals surface area contributed by atoms with Gasteiger partial charge in [-0.3, -0.25) is 0 Å². The lowest BCUT2D eigenvalue weighted by Crippen LogP contribution is -2.43. The summed E-state index contributed by atoms with van der Waals surface area (Å²) in [7, 11) is 0. The molecule has 1 fully saturated rings. The number of nitrogens with zero attached hydrogens (tertiary/aromatic N) is 1. The van der Waals surface area contributed by atoms with Crippen LogP contribution in [0.1, 0.15) is 19.3 Å². The van der Waals surface area contributed by atoms with Crippen molar-refractivity contribution in [3.63, 3.8) is 0 Å². The van der Waals surface area contributed by atoms with Crippen molar-refractivity contribution in [2.24, 2.45) is 0 Å². The van der Waals surface area contributed by atoms with Crippen LogP contribution in [0, 0.1) is 0 Å². The molecule has 3 nitrogen and oxygen atoms in total. The monoisotopic (exact) mass is 192 g/mol. The van der Waals surface area contributed by atoms with Crippen LogP contribution in [0.2, 0.25) is 0 Å². The van der Waals surface area contributed by atoms with E-state index in [4.69, 9.17) is 4.84 Å². The SMILES string of the molecule is c1ccc(ONN2CCCCC2)cc1. The molecule has 14 heavy (non-hydrogen) atoms. The highest BCUT2D eigenvalue weighted by molar-refractivity contribution is 5.20. The van der Waals surface area contributed by atoms with Crippen molar-refractivity contribution in [3.05, 3.63) is 30.3 Å². The molecule has 1 aromatic carbocycles. The van der Waals surface area contributed by atoms with Crippen molar-refractivity contribution >= 4 is 0 Å². The topological polar surface area (TPSA) is 24.5 Å². The number of hydrogen-bond donors (Lipinski definition) is 1. The standard InChI is InChI=1S/C11H16N2O/c1-3-7-11(8-4-1)14-12-13-9-5-2-6-10-13/h1,3-4,7-8,12H,2,5-6,9-10H2. The Bertz CT molecular complexity index is 257. The van der Waals surface area contributed by atoms with Gasteiger partial charge in [0.1, 0.15) is 5.75 Å². The van der Waals surface area contributed by atoms with Crippen LogP contribution in [0.15, 0.2) is 30.3 Å². The summed E-state index contributed by atoms with van der Waals surface area (Å²) < 4.78 is 0. The zero-order valence-corrected chi connectivity index (χ0v) is 8.28. The third kappa shape index (κ3) is 2.72. The van der Waals surface area contributed by atoms with Gasteiger partial charge in [-0.2, -0.15) is 0 Å². The third-order valence-corrected chi connectivity index (χ3v) is 2.39. The Labute approximate surface area is 84.6 Å². The Hall–Kier alpha value is -1.06. The van der Waals surface area contributed by atoms with E-state index in [1.165, 1.54) is 19.3 Å². The first-order valence-corrected chi connectivity index (χ1v) is 5.17. The molecule has 1 aliphatic heterocycles. The minimum absolute atomic E-state index is 0.859. The molecule has 0 aliphatic carbocycles. The van der Waals surface area contributed by atoms with E-state index >= 15 is 0 Å². The van der Waals surface area contributed by atoms with Crippen molar-refractivity contribution < 1.29 is 4.84 Å². The molecule has 0 unspecified atom stereocenters. The predicted molar refractivity (Wildman–Crippen MR) is 55.6 cm³/mol. The predicted octanol–water partition coefficient (Wildman–Crippen LogP) is 1.97. The molecule has 0 radical (unpaired) electrons. The van der Waals surface area contributed by atoms with Gasteiger partial charge in [0, 0.05) is 13.1 Å². The fourth-order valence-electron chi connectivity index (χ4n) is 1.59. The molecule has 1 heterocycles. The molecule has 1 N–H and O–H groups in total. The molecule has 1 saturated heterocycles. The van der Waals surface area contributed by atoms with Gasteiger partial charge in [0.2, 0.25) is 0 Å². The Morgan fingerprint density at radius 1 is 1.00 bits per heavy atom. The molecule has 0 bridgehead atoms. The van der Waals surface area contributed by atoms with Crippen molar-refractivity contribution in [2.75, 3.05) is 13.1 Å². The molecule has 1 aromatic rings. The van der Waals surface area contributed by atoms with Crippen LogP contribution >= 0.6 is 0 Å². The fourth-order valence-corrected chi connectivity index (χ4v) is 1.59. The lowest BCUT2D eigenvalue weighted by Gasteiger charge is -2.26. The largest absolute Gasteiger partial charge is 0.394 e. The minimum atomic E-state index is 0.859. The molecule has 0 saturated carbocycles. The summed E-state index contributed by atoms with van der Waals surface area (Å²) >= 11 is 0. The highest BCUT2D eigenvalue weighted by Crippen LogP contribution is 2.09. The summed E-state index contributed by atoms with van der Waals surface area (Å²) in [6.45, 7) is 2.15. The molecular weight excluding hydrogens is 176 g/mol. The van der Waals surface area contributed by atoms with E-state index in [0.717, 1.165) is 18.8 Å². The second kappa shape index (κ2) is 4.98. The van der Waals surface area contributed by atoms with Gasteiger partial charge in [-0.25, -0.2) is 5.01 Å². The van der Waals surface area contributed by atoms with Crippen molar-refractivity contribution in [3.8, 4) is 5.75 Å². The van der Waals surface area contributed by atoms with Gasteiger partial charge in [-0.1, -0.05) is 30.2 Å². The van der Waals surface area contributed by atoms with Crippen molar-refractivity contribution in [1.29, 1.82) is 0 Å². The van der Waals surface area contributed by atoms with E-state index in [9.17, 15) is 0 Å². The first-order valence-electron chi connectivity index (χ1n) is 5.17.